The van der Waals surface area contributed by atoms with Crippen molar-refractivity contribution in [3.05, 3.63) is 76.1 Å². The molecule has 280 valence electrons. The van der Waals surface area contributed by atoms with E-state index in [9.17, 15) is 19.5 Å². The van der Waals surface area contributed by atoms with E-state index in [1.165, 1.54) is 11.1 Å². The average Bonchev–Trinajstić information content (AvgIpc) is 3.76. The van der Waals surface area contributed by atoms with E-state index >= 15 is 0 Å². The number of aliphatic hydroxyl groups excluding tert-OH is 1. The van der Waals surface area contributed by atoms with Gasteiger partial charge in [0, 0.05) is 51.4 Å². The van der Waals surface area contributed by atoms with Gasteiger partial charge in [0.15, 0.2) is 11.0 Å². The maximum atomic E-state index is 14.1. The number of amides is 3. The highest BCUT2D eigenvalue weighted by molar-refractivity contribution is 7.13. The minimum Gasteiger partial charge on any atom is -0.391 e. The number of nitrogens with one attached hydrogen (secondary N) is 2. The Balaban J connectivity index is 1.08. The molecular formula is C37H45ClN10O4S. The molecule has 0 bridgehead atoms. The van der Waals surface area contributed by atoms with Gasteiger partial charge in [-0.3, -0.25) is 14.4 Å². The van der Waals surface area contributed by atoms with Crippen molar-refractivity contribution in [2.24, 2.45) is 5.41 Å². The predicted molar refractivity (Wildman–Crippen MR) is 206 cm³/mol. The van der Waals surface area contributed by atoms with E-state index in [1.54, 1.807) is 29.5 Å². The second-order valence-electron chi connectivity index (χ2n) is 14.6. The molecule has 2 saturated heterocycles. The fourth-order valence-corrected chi connectivity index (χ4v) is 7.69. The molecule has 6 rings (SSSR count). The van der Waals surface area contributed by atoms with Gasteiger partial charge in [-0.1, -0.05) is 56.6 Å². The minimum atomic E-state index is -0.980. The molecular weight excluding hydrogens is 716 g/mol. The van der Waals surface area contributed by atoms with Crippen LogP contribution in [0.15, 0.2) is 54.2 Å². The first-order chi connectivity index (χ1) is 25.2. The van der Waals surface area contributed by atoms with E-state index in [1.807, 2.05) is 64.4 Å². The number of nitrogens with zero attached hydrogens (tertiary/aromatic N) is 7. The Hall–Kier alpha value is -4.86. The quantitative estimate of drug-likeness (QED) is 0.195. The predicted octanol–water partition coefficient (Wildman–Crippen LogP) is 3.85. The number of aliphatic hydroxyl groups is 1. The second-order valence-corrected chi connectivity index (χ2v) is 15.8. The van der Waals surface area contributed by atoms with Gasteiger partial charge in [0.25, 0.3) is 5.91 Å². The van der Waals surface area contributed by atoms with Crippen LogP contribution in [-0.2, 0) is 9.59 Å². The van der Waals surface area contributed by atoms with Gasteiger partial charge in [0.05, 0.1) is 39.5 Å². The first-order valence-corrected chi connectivity index (χ1v) is 18.8. The number of halogens is 1. The number of nitrogens with two attached hydrogens (primary N) is 1. The maximum absolute atomic E-state index is 14.1. The molecule has 2 fully saturated rings. The summed E-state index contributed by atoms with van der Waals surface area (Å²) in [5, 5.41) is 24.5. The highest BCUT2D eigenvalue weighted by Crippen LogP contribution is 2.30. The molecule has 0 unspecified atom stereocenters. The van der Waals surface area contributed by atoms with Crippen LogP contribution in [0.4, 0.5) is 17.3 Å². The number of hydrogen-bond acceptors (Lipinski definition) is 12. The Morgan fingerprint density at radius 1 is 1.00 bits per heavy atom. The molecule has 4 atom stereocenters. The lowest BCUT2D eigenvalue weighted by Crippen LogP contribution is -2.57. The number of piperazine rings is 1. The Morgan fingerprint density at radius 3 is 2.32 bits per heavy atom. The highest BCUT2D eigenvalue weighted by atomic mass is 35.5. The number of anilines is 3. The van der Waals surface area contributed by atoms with Crippen molar-refractivity contribution in [2.45, 2.75) is 65.3 Å². The molecule has 3 amide bonds. The lowest BCUT2D eigenvalue weighted by Gasteiger charge is -2.37. The zero-order valence-electron chi connectivity index (χ0n) is 30.4. The molecule has 14 nitrogen and oxygen atoms in total. The van der Waals surface area contributed by atoms with Gasteiger partial charge in [0.1, 0.15) is 17.9 Å². The van der Waals surface area contributed by atoms with Crippen LogP contribution in [0.3, 0.4) is 0 Å². The van der Waals surface area contributed by atoms with E-state index in [-0.39, 0.29) is 30.1 Å². The molecule has 53 heavy (non-hydrogen) atoms. The third-order valence-corrected chi connectivity index (χ3v) is 10.9. The number of β-amino-alcohol motifs (C(OH)–C–C–N with tert-alkyl or cyclic N) is 1. The number of likely N-dealkylation sites (tertiary alicyclic amines) is 1. The lowest BCUT2D eigenvalue weighted by atomic mass is 9.85. The van der Waals surface area contributed by atoms with Crippen LogP contribution < -0.4 is 26.2 Å². The third kappa shape index (κ3) is 8.53. The van der Waals surface area contributed by atoms with Gasteiger partial charge in [-0.2, -0.15) is 0 Å². The Labute approximate surface area is 317 Å². The zero-order chi connectivity index (χ0) is 38.0. The zero-order valence-corrected chi connectivity index (χ0v) is 32.0. The van der Waals surface area contributed by atoms with Crippen molar-refractivity contribution in [2.75, 3.05) is 48.3 Å². The van der Waals surface area contributed by atoms with Gasteiger partial charge in [-0.15, -0.1) is 21.5 Å². The van der Waals surface area contributed by atoms with E-state index < -0.39 is 35.4 Å². The van der Waals surface area contributed by atoms with Gasteiger partial charge in [0.2, 0.25) is 11.8 Å². The summed E-state index contributed by atoms with van der Waals surface area (Å²) in [6, 6.07) is 10.9. The molecule has 3 aromatic heterocycles. The fourth-order valence-electron chi connectivity index (χ4n) is 6.74. The fraction of sp³-hybridized carbons (Fsp3) is 0.432. The number of thiazole rings is 1. The molecule has 1 aromatic carbocycles. The number of hydrogen-bond donors (Lipinski definition) is 4. The van der Waals surface area contributed by atoms with E-state index in [0.717, 1.165) is 27.4 Å². The molecule has 0 spiro atoms. The first kappa shape index (κ1) is 37.9. The van der Waals surface area contributed by atoms with E-state index in [4.69, 9.17) is 17.3 Å². The van der Waals surface area contributed by atoms with Crippen molar-refractivity contribution in [3.8, 4) is 10.4 Å². The normalized spacial score (nSPS) is 18.8. The highest BCUT2D eigenvalue weighted by Gasteiger charge is 2.45. The lowest BCUT2D eigenvalue weighted by molar-refractivity contribution is -0.142. The average molecular weight is 761 g/mol. The summed E-state index contributed by atoms with van der Waals surface area (Å²) >= 11 is 7.61. The van der Waals surface area contributed by atoms with Crippen LogP contribution in [0.5, 0.6) is 0 Å². The first-order valence-electron chi connectivity index (χ1n) is 17.5. The summed E-state index contributed by atoms with van der Waals surface area (Å²) in [7, 11) is 0. The van der Waals surface area contributed by atoms with Crippen LogP contribution >= 0.6 is 22.9 Å². The summed E-state index contributed by atoms with van der Waals surface area (Å²) in [6.45, 7) is 12.0. The van der Waals surface area contributed by atoms with Gasteiger partial charge >= 0.3 is 0 Å². The smallest absolute Gasteiger partial charge is 0.253 e. The van der Waals surface area contributed by atoms with Crippen LogP contribution in [0.25, 0.3) is 10.4 Å². The van der Waals surface area contributed by atoms with Crippen molar-refractivity contribution < 1.29 is 19.5 Å². The Kier molecular flexibility index (Phi) is 11.2. The number of aryl methyl sites for hydroxylation is 1. The van der Waals surface area contributed by atoms with Gasteiger partial charge in [-0.25, -0.2) is 9.97 Å². The van der Waals surface area contributed by atoms with Crippen molar-refractivity contribution in [1.29, 1.82) is 0 Å². The second kappa shape index (κ2) is 15.6. The van der Waals surface area contributed by atoms with Crippen molar-refractivity contribution in [1.82, 2.24) is 35.7 Å². The van der Waals surface area contributed by atoms with Crippen LogP contribution in [-0.4, -0.2) is 98.8 Å². The molecule has 0 radical (unpaired) electrons. The number of carbonyl (C=O) groups is 3. The molecule has 4 aromatic rings. The van der Waals surface area contributed by atoms with Crippen LogP contribution in [0, 0.1) is 12.3 Å². The third-order valence-electron chi connectivity index (χ3n) is 9.76. The largest absolute Gasteiger partial charge is 0.391 e. The number of rotatable bonds is 9. The summed E-state index contributed by atoms with van der Waals surface area (Å²) in [5.41, 5.74) is 11.1. The van der Waals surface area contributed by atoms with E-state index in [2.05, 4.69) is 40.6 Å². The van der Waals surface area contributed by atoms with Crippen molar-refractivity contribution in [3.63, 3.8) is 0 Å². The van der Waals surface area contributed by atoms with Gasteiger partial charge < -0.3 is 36.2 Å². The molecule has 5 N–H and O–H groups in total. The van der Waals surface area contributed by atoms with Crippen molar-refractivity contribution >= 4 is 58.0 Å². The number of pyridine rings is 1. The van der Waals surface area contributed by atoms with E-state index in [0.29, 0.717) is 43.4 Å². The SMILES string of the molecule is Cc1ncsc1-c1ccc([C@H](C)NC(=O)[C@@H]2C[C@@H](O)CN2C(=O)[C@@H](NC(=O)c2ccc(N3CCN(c4cc(Cl)nnc4N)CC3)nc2)C(C)(C)C)cc1. The minimum absolute atomic E-state index is 0.0164. The summed E-state index contributed by atoms with van der Waals surface area (Å²) in [6.07, 6.45) is 0.714. The molecule has 2 aliphatic heterocycles. The summed E-state index contributed by atoms with van der Waals surface area (Å²) in [5.74, 6) is -0.241. The molecule has 0 saturated carbocycles. The standard InChI is InChI=1S/C37H45ClN10O4S/c1-21(23-6-8-24(9-7-23)31-22(2)41-20-53-31)42-35(51)28-16-26(49)19-48(28)36(52)32(37(3,4)5)43-34(50)25-10-11-30(40-18-25)47-14-12-46(13-15-47)27-17-29(38)44-45-33(27)39/h6-11,17-18,20-21,26,28,32,49H,12-16,19H2,1-5H3,(H2,39,45)(H,42,51)(H,43,50)/t21-,26+,28-,32+/m0/s1. The Bertz CT molecular complexity index is 1940. The monoisotopic (exact) mass is 760 g/mol. The molecule has 16 heteroatoms. The summed E-state index contributed by atoms with van der Waals surface area (Å²) < 4.78 is 0. The topological polar surface area (TPSA) is 183 Å². The molecule has 2 aliphatic rings. The maximum Gasteiger partial charge on any atom is 0.253 e. The number of aromatic nitrogens is 4. The van der Waals surface area contributed by atoms with Gasteiger partial charge in [-0.05, 0) is 42.5 Å². The Morgan fingerprint density at radius 2 is 1.70 bits per heavy atom. The number of carbonyl (C=O) groups excluding carboxylic acids is 3. The number of benzene rings is 1. The number of nitrogen functional groups attached to an aromatic ring is 1. The molecule has 0 aliphatic carbocycles. The van der Waals surface area contributed by atoms with Crippen LogP contribution in [0.1, 0.15) is 61.8 Å². The molecule has 5 heterocycles. The van der Waals surface area contributed by atoms with Crippen LogP contribution in [0.2, 0.25) is 5.15 Å². The summed E-state index contributed by atoms with van der Waals surface area (Å²) in [4.78, 5) is 56.9.